The van der Waals surface area contributed by atoms with E-state index in [1.54, 1.807) is 0 Å². The van der Waals surface area contributed by atoms with Gasteiger partial charge in [-0.05, 0) is 42.8 Å². The second-order valence-electron chi connectivity index (χ2n) is 8.23. The molecule has 0 aliphatic rings. The average Bonchev–Trinajstić information content (AvgIpc) is 2.77. The SMILES string of the molecule is CCCCOB(Oc1ccccc1)Oc1ccc(C[N+](C)(C)C)cc1.[c-]1ccccc1. The summed E-state index contributed by atoms with van der Waals surface area (Å²) in [6, 6.07) is 30.2. The third-order valence-corrected chi connectivity index (χ3v) is 4.15. The zero-order valence-corrected chi connectivity index (χ0v) is 19.2. The van der Waals surface area contributed by atoms with E-state index in [0.717, 1.165) is 35.4 Å². The van der Waals surface area contributed by atoms with E-state index in [4.69, 9.17) is 14.0 Å². The minimum Gasteiger partial charge on any atom is -0.501 e. The minimum atomic E-state index is -0.752. The second-order valence-corrected chi connectivity index (χ2v) is 8.23. The molecule has 0 saturated carbocycles. The highest BCUT2D eigenvalue weighted by Gasteiger charge is 2.26. The maximum Gasteiger partial charge on any atom is 0.788 e. The van der Waals surface area contributed by atoms with Crippen LogP contribution in [0.15, 0.2) is 84.9 Å². The summed E-state index contributed by atoms with van der Waals surface area (Å²) in [5, 5.41) is 0. The number of benzene rings is 3. The van der Waals surface area contributed by atoms with Gasteiger partial charge in [0, 0.05) is 12.2 Å². The number of nitrogens with zero attached hydrogens (tertiary/aromatic N) is 1. The van der Waals surface area contributed by atoms with Crippen LogP contribution in [0, 0.1) is 6.07 Å². The number of rotatable bonds is 10. The lowest BCUT2D eigenvalue weighted by molar-refractivity contribution is -0.884. The first-order chi connectivity index (χ1) is 15.0. The lowest BCUT2D eigenvalue weighted by Crippen LogP contribution is -2.34. The van der Waals surface area contributed by atoms with Gasteiger partial charge in [-0.2, -0.15) is 36.4 Å². The van der Waals surface area contributed by atoms with Crippen LogP contribution in [-0.4, -0.2) is 39.6 Å². The minimum absolute atomic E-state index is 0.605. The molecule has 3 rings (SSSR count). The lowest BCUT2D eigenvalue weighted by Gasteiger charge is -2.24. The fourth-order valence-electron chi connectivity index (χ4n) is 2.70. The van der Waals surface area contributed by atoms with E-state index in [0.29, 0.717) is 6.61 Å². The summed E-state index contributed by atoms with van der Waals surface area (Å²) in [4.78, 5) is 0. The van der Waals surface area contributed by atoms with Gasteiger partial charge in [-0.1, -0.05) is 31.5 Å². The fourth-order valence-corrected chi connectivity index (χ4v) is 2.70. The smallest absolute Gasteiger partial charge is 0.501 e. The molecule has 31 heavy (non-hydrogen) atoms. The van der Waals surface area contributed by atoms with Crippen molar-refractivity contribution in [3.8, 4) is 11.5 Å². The monoisotopic (exact) mass is 419 g/mol. The number of quaternary nitrogens is 1. The Morgan fingerprint density at radius 2 is 1.35 bits per heavy atom. The van der Waals surface area contributed by atoms with Crippen molar-refractivity contribution >= 4 is 7.32 Å². The molecule has 5 heteroatoms. The number of unbranched alkanes of at least 4 members (excludes halogenated alkanes) is 1. The molecule has 164 valence electrons. The Morgan fingerprint density at radius 1 is 0.774 bits per heavy atom. The molecule has 0 N–H and O–H groups in total. The molecule has 4 nitrogen and oxygen atoms in total. The van der Waals surface area contributed by atoms with Crippen molar-refractivity contribution in [3.63, 3.8) is 0 Å². The first-order valence-electron chi connectivity index (χ1n) is 10.8. The molecule has 0 spiro atoms. The summed E-state index contributed by atoms with van der Waals surface area (Å²) in [5.74, 6) is 1.47. The van der Waals surface area contributed by atoms with Crippen LogP contribution in [-0.2, 0) is 11.2 Å². The second kappa shape index (κ2) is 13.5. The molecule has 0 fully saturated rings. The number of hydrogen-bond donors (Lipinski definition) is 0. The summed E-state index contributed by atoms with van der Waals surface area (Å²) in [7, 11) is 5.78. The summed E-state index contributed by atoms with van der Waals surface area (Å²) in [5.41, 5.74) is 1.27. The summed E-state index contributed by atoms with van der Waals surface area (Å²) in [6.07, 6.45) is 2.04. The Bertz CT molecular complexity index is 794. The van der Waals surface area contributed by atoms with Gasteiger partial charge in [-0.15, -0.1) is 0 Å². The highest BCUT2D eigenvalue weighted by atomic mass is 16.7. The molecule has 0 amide bonds. The van der Waals surface area contributed by atoms with E-state index in [-0.39, 0.29) is 0 Å². The van der Waals surface area contributed by atoms with Gasteiger partial charge in [-0.25, -0.2) is 0 Å². The Labute approximate surface area is 188 Å². The molecule has 3 aromatic rings. The van der Waals surface area contributed by atoms with Gasteiger partial charge in [0.15, 0.2) is 0 Å². The molecule has 0 radical (unpaired) electrons. The van der Waals surface area contributed by atoms with Crippen LogP contribution in [0.4, 0.5) is 0 Å². The predicted molar refractivity (Wildman–Crippen MR) is 128 cm³/mol. The van der Waals surface area contributed by atoms with Crippen molar-refractivity contribution in [3.05, 3.63) is 96.6 Å². The number of para-hydroxylation sites is 1. The van der Waals surface area contributed by atoms with E-state index < -0.39 is 7.32 Å². The number of hydrogen-bond acceptors (Lipinski definition) is 3. The molecular formula is C26H34BNO3. The van der Waals surface area contributed by atoms with E-state index >= 15 is 0 Å². The molecule has 0 saturated heterocycles. The highest BCUT2D eigenvalue weighted by molar-refractivity contribution is 6.38. The van der Waals surface area contributed by atoms with E-state index in [1.165, 1.54) is 5.56 Å². The standard InChI is InChI=1S/C20H29BNO3.C6H5/c1-5-6-16-23-21(24-19-10-8-7-9-11-19)25-20-14-12-18(13-15-20)17-22(2,3)4;1-2-4-6-5-3-1/h7-15H,5-6,16-17H2,1-4H3;1-5H/q+1;-1. The molecule has 0 aromatic heterocycles. The third-order valence-electron chi connectivity index (χ3n) is 4.15. The predicted octanol–water partition coefficient (Wildman–Crippen LogP) is 5.64. The summed E-state index contributed by atoms with van der Waals surface area (Å²) >= 11 is 0. The fraction of sp³-hybridized carbons (Fsp3) is 0.308. The van der Waals surface area contributed by atoms with E-state index in [9.17, 15) is 0 Å². The van der Waals surface area contributed by atoms with E-state index in [2.05, 4.69) is 46.3 Å². The van der Waals surface area contributed by atoms with Gasteiger partial charge in [0.2, 0.25) is 0 Å². The summed E-state index contributed by atoms with van der Waals surface area (Å²) < 4.78 is 18.4. The molecule has 0 atom stereocenters. The third kappa shape index (κ3) is 11.3. The summed E-state index contributed by atoms with van der Waals surface area (Å²) in [6.45, 7) is 3.70. The van der Waals surface area contributed by atoms with Crippen LogP contribution in [0.2, 0.25) is 0 Å². The topological polar surface area (TPSA) is 27.7 Å². The van der Waals surface area contributed by atoms with Crippen LogP contribution >= 0.6 is 0 Å². The van der Waals surface area contributed by atoms with Gasteiger partial charge in [-0.3, -0.25) is 0 Å². The van der Waals surface area contributed by atoms with Gasteiger partial charge in [0.1, 0.15) is 18.0 Å². The molecule has 0 unspecified atom stereocenters. The zero-order valence-electron chi connectivity index (χ0n) is 19.2. The molecule has 0 heterocycles. The Morgan fingerprint density at radius 3 is 1.84 bits per heavy atom. The average molecular weight is 419 g/mol. The van der Waals surface area contributed by atoms with Crippen molar-refractivity contribution in [2.75, 3.05) is 27.7 Å². The van der Waals surface area contributed by atoms with Crippen LogP contribution in [0.1, 0.15) is 25.3 Å². The van der Waals surface area contributed by atoms with Gasteiger partial charge in [0.25, 0.3) is 0 Å². The first kappa shape index (κ1) is 24.5. The van der Waals surface area contributed by atoms with Crippen LogP contribution < -0.4 is 9.31 Å². The molecular weight excluding hydrogens is 385 g/mol. The Hall–Kier alpha value is -2.76. The quantitative estimate of drug-likeness (QED) is 0.184. The Balaban J connectivity index is 0.000000488. The van der Waals surface area contributed by atoms with Gasteiger partial charge >= 0.3 is 7.32 Å². The van der Waals surface area contributed by atoms with Crippen molar-refractivity contribution in [1.82, 2.24) is 0 Å². The van der Waals surface area contributed by atoms with Crippen molar-refractivity contribution in [2.45, 2.75) is 26.3 Å². The normalized spacial score (nSPS) is 10.6. The molecule has 0 aliphatic carbocycles. The van der Waals surface area contributed by atoms with Crippen molar-refractivity contribution < 1.29 is 18.4 Å². The van der Waals surface area contributed by atoms with Crippen LogP contribution in [0.3, 0.4) is 0 Å². The van der Waals surface area contributed by atoms with Crippen LogP contribution in [0.25, 0.3) is 0 Å². The zero-order chi connectivity index (χ0) is 22.4. The lowest BCUT2D eigenvalue weighted by atomic mass is 10.1. The Kier molecular flexibility index (Phi) is 10.7. The molecule has 3 aromatic carbocycles. The largest absolute Gasteiger partial charge is 0.788 e. The van der Waals surface area contributed by atoms with Crippen LogP contribution in [0.5, 0.6) is 11.5 Å². The van der Waals surface area contributed by atoms with Crippen molar-refractivity contribution in [2.24, 2.45) is 0 Å². The highest BCUT2D eigenvalue weighted by Crippen LogP contribution is 2.17. The maximum absolute atomic E-state index is 5.90. The van der Waals surface area contributed by atoms with Gasteiger partial charge in [0.05, 0.1) is 21.1 Å². The van der Waals surface area contributed by atoms with Crippen molar-refractivity contribution in [1.29, 1.82) is 0 Å². The maximum atomic E-state index is 5.90. The molecule has 0 aliphatic heterocycles. The van der Waals surface area contributed by atoms with E-state index in [1.807, 2.05) is 72.8 Å². The molecule has 0 bridgehead atoms. The first-order valence-corrected chi connectivity index (χ1v) is 10.8. The van der Waals surface area contributed by atoms with Gasteiger partial charge < -0.3 is 18.4 Å².